The number of piperidine rings is 1. The fourth-order valence-electron chi connectivity index (χ4n) is 4.09. The number of aromatic nitrogens is 1. The summed E-state index contributed by atoms with van der Waals surface area (Å²) in [6.07, 6.45) is 3.58. The van der Waals surface area contributed by atoms with Crippen LogP contribution < -0.4 is 21.3 Å². The Bertz CT molecular complexity index is 935. The average molecular weight is 565 g/mol. The number of benzene rings is 1. The van der Waals surface area contributed by atoms with Gasteiger partial charge in [0.1, 0.15) is 5.82 Å². The minimum Gasteiger partial charge on any atom is -0.369 e. The van der Waals surface area contributed by atoms with Crippen LogP contribution in [-0.2, 0) is 11.3 Å². The van der Waals surface area contributed by atoms with E-state index in [1.807, 2.05) is 6.07 Å². The van der Waals surface area contributed by atoms with Gasteiger partial charge in [-0.3, -0.25) is 4.79 Å². The molecule has 2 heterocycles. The number of halogens is 1. The molecule has 2 atom stereocenters. The van der Waals surface area contributed by atoms with Crippen molar-refractivity contribution < 1.29 is 4.79 Å². The van der Waals surface area contributed by atoms with Crippen molar-refractivity contribution in [1.29, 1.82) is 0 Å². The Kier molecular flexibility index (Phi) is 10.9. The van der Waals surface area contributed by atoms with Gasteiger partial charge < -0.3 is 21.3 Å². The van der Waals surface area contributed by atoms with Crippen LogP contribution in [-0.4, -0.2) is 43.0 Å². The number of primary amides is 1. The number of rotatable bonds is 8. The highest BCUT2D eigenvalue weighted by Gasteiger charge is 2.25. The Hall–Kier alpha value is -2.36. The van der Waals surface area contributed by atoms with Gasteiger partial charge in [0.2, 0.25) is 5.91 Å². The van der Waals surface area contributed by atoms with Crippen molar-refractivity contribution >= 4 is 41.7 Å². The molecule has 0 aliphatic carbocycles. The lowest BCUT2D eigenvalue weighted by atomic mass is 9.97. The van der Waals surface area contributed by atoms with Gasteiger partial charge >= 0.3 is 0 Å². The van der Waals surface area contributed by atoms with E-state index in [4.69, 9.17) is 10.7 Å². The molecule has 7 nitrogen and oxygen atoms in total. The molecule has 180 valence electrons. The normalized spacial score (nSPS) is 17.1. The highest BCUT2D eigenvalue weighted by atomic mass is 127. The number of hydrogen-bond donors (Lipinski definition) is 3. The number of amides is 1. The van der Waals surface area contributed by atoms with Crippen LogP contribution in [0.2, 0.25) is 0 Å². The molecule has 1 amide bonds. The Balaban J connectivity index is 0.00000385. The number of aliphatic imine (C=N–C) groups is 1. The third kappa shape index (κ3) is 7.87. The van der Waals surface area contributed by atoms with Crippen LogP contribution in [0.4, 0.5) is 5.82 Å². The molecule has 1 aromatic carbocycles. The fourth-order valence-corrected chi connectivity index (χ4v) is 4.09. The number of aryl methyl sites for hydroxylation is 1. The van der Waals surface area contributed by atoms with Crippen LogP contribution >= 0.6 is 24.0 Å². The van der Waals surface area contributed by atoms with Gasteiger partial charge in [-0.05, 0) is 44.2 Å². The zero-order valence-electron chi connectivity index (χ0n) is 19.9. The first-order chi connectivity index (χ1) is 15.5. The molecule has 1 aliphatic heterocycles. The van der Waals surface area contributed by atoms with Crippen molar-refractivity contribution in [2.45, 2.75) is 46.1 Å². The first kappa shape index (κ1) is 26.9. The molecule has 0 radical (unpaired) electrons. The summed E-state index contributed by atoms with van der Waals surface area (Å²) in [5.74, 6) is 1.70. The first-order valence-electron chi connectivity index (χ1n) is 11.5. The summed E-state index contributed by atoms with van der Waals surface area (Å²) in [6.45, 7) is 9.99. The maximum atomic E-state index is 11.7. The molecule has 0 saturated carbocycles. The van der Waals surface area contributed by atoms with E-state index < -0.39 is 0 Å². The Morgan fingerprint density at radius 3 is 2.85 bits per heavy atom. The van der Waals surface area contributed by atoms with Crippen LogP contribution in [0.3, 0.4) is 0 Å². The van der Waals surface area contributed by atoms with Crippen LogP contribution in [0.15, 0.2) is 47.6 Å². The molecule has 3 rings (SSSR count). The minimum absolute atomic E-state index is 0. The van der Waals surface area contributed by atoms with Crippen LogP contribution in [0, 0.1) is 12.8 Å². The second-order valence-electron chi connectivity index (χ2n) is 8.56. The summed E-state index contributed by atoms with van der Waals surface area (Å²) in [7, 11) is 0. The number of hydrogen-bond acceptors (Lipinski definition) is 4. The third-order valence-corrected chi connectivity index (χ3v) is 5.93. The fraction of sp³-hybridized carbons (Fsp3) is 0.480. The number of nitrogens with one attached hydrogen (secondary N) is 2. The summed E-state index contributed by atoms with van der Waals surface area (Å²) < 4.78 is 0. The average Bonchev–Trinajstić information content (AvgIpc) is 2.81. The highest BCUT2D eigenvalue weighted by molar-refractivity contribution is 14.0. The highest BCUT2D eigenvalue weighted by Crippen LogP contribution is 2.25. The number of carbonyl (C=O) groups is 1. The van der Waals surface area contributed by atoms with E-state index >= 15 is 0 Å². The molecule has 0 spiro atoms. The Morgan fingerprint density at radius 2 is 2.12 bits per heavy atom. The standard InChI is InChI=1S/C25H36N6O.HI/c1-4-27-25(29-15-19(3)20-9-5-8-18(2)14-20)30-16-21-10-6-12-28-24(21)31-13-7-11-22(17-31)23(26)32;/h5-6,8-10,12,14,19,22H,4,7,11,13,15-17H2,1-3H3,(H2,26,32)(H2,27,29,30);1H. The van der Waals surface area contributed by atoms with E-state index in [1.54, 1.807) is 6.20 Å². The van der Waals surface area contributed by atoms with E-state index in [0.717, 1.165) is 49.8 Å². The summed E-state index contributed by atoms with van der Waals surface area (Å²) in [5, 5.41) is 6.81. The number of anilines is 1. The predicted molar refractivity (Wildman–Crippen MR) is 146 cm³/mol. The molecule has 2 aromatic rings. The lowest BCUT2D eigenvalue weighted by Gasteiger charge is -2.33. The largest absolute Gasteiger partial charge is 0.369 e. The maximum Gasteiger partial charge on any atom is 0.222 e. The minimum atomic E-state index is -0.230. The van der Waals surface area contributed by atoms with Gasteiger partial charge in [-0.25, -0.2) is 9.98 Å². The number of pyridine rings is 1. The van der Waals surface area contributed by atoms with Crippen molar-refractivity contribution in [3.05, 3.63) is 59.3 Å². The molecule has 0 bridgehead atoms. The van der Waals surface area contributed by atoms with Crippen LogP contribution in [0.5, 0.6) is 0 Å². The second kappa shape index (κ2) is 13.4. The number of nitrogens with zero attached hydrogens (tertiary/aromatic N) is 3. The van der Waals surface area contributed by atoms with E-state index in [2.05, 4.69) is 71.6 Å². The molecular weight excluding hydrogens is 527 g/mol. The van der Waals surface area contributed by atoms with Gasteiger partial charge in [0.25, 0.3) is 0 Å². The monoisotopic (exact) mass is 564 g/mol. The zero-order valence-corrected chi connectivity index (χ0v) is 22.2. The molecule has 1 aliphatic rings. The molecular formula is C25H37IN6O. The summed E-state index contributed by atoms with van der Waals surface area (Å²) in [5.41, 5.74) is 9.19. The van der Waals surface area contributed by atoms with Gasteiger partial charge in [0.05, 0.1) is 12.5 Å². The topological polar surface area (TPSA) is 95.6 Å². The molecule has 1 aromatic heterocycles. The third-order valence-electron chi connectivity index (χ3n) is 5.93. The predicted octanol–water partition coefficient (Wildman–Crippen LogP) is 3.57. The van der Waals surface area contributed by atoms with Gasteiger partial charge in [-0.15, -0.1) is 24.0 Å². The molecule has 2 unspecified atom stereocenters. The Labute approximate surface area is 214 Å². The van der Waals surface area contributed by atoms with E-state index in [-0.39, 0.29) is 35.8 Å². The molecule has 8 heteroatoms. The lowest BCUT2D eigenvalue weighted by Crippen LogP contribution is -2.42. The van der Waals surface area contributed by atoms with Gasteiger partial charge in [0.15, 0.2) is 5.96 Å². The van der Waals surface area contributed by atoms with Crippen molar-refractivity contribution in [1.82, 2.24) is 15.6 Å². The number of nitrogens with two attached hydrogens (primary N) is 1. The molecule has 1 saturated heterocycles. The summed E-state index contributed by atoms with van der Waals surface area (Å²) >= 11 is 0. The van der Waals surface area contributed by atoms with Crippen molar-refractivity contribution in [3.8, 4) is 0 Å². The lowest BCUT2D eigenvalue weighted by molar-refractivity contribution is -0.122. The molecule has 1 fully saturated rings. The van der Waals surface area contributed by atoms with Crippen molar-refractivity contribution in [2.24, 2.45) is 16.6 Å². The summed E-state index contributed by atoms with van der Waals surface area (Å²) in [4.78, 5) is 23.3. The van der Waals surface area contributed by atoms with E-state index in [0.29, 0.717) is 19.0 Å². The van der Waals surface area contributed by atoms with E-state index in [1.165, 1.54) is 11.1 Å². The van der Waals surface area contributed by atoms with Crippen molar-refractivity contribution in [2.75, 3.05) is 31.1 Å². The van der Waals surface area contributed by atoms with Crippen LogP contribution in [0.1, 0.15) is 49.3 Å². The maximum absolute atomic E-state index is 11.7. The number of carbonyl (C=O) groups excluding carboxylic acids is 1. The van der Waals surface area contributed by atoms with Gasteiger partial charge in [-0.2, -0.15) is 0 Å². The summed E-state index contributed by atoms with van der Waals surface area (Å²) in [6, 6.07) is 12.6. The quantitative estimate of drug-likeness (QED) is 0.259. The zero-order chi connectivity index (χ0) is 22.9. The van der Waals surface area contributed by atoms with Gasteiger partial charge in [-0.1, -0.05) is 42.8 Å². The van der Waals surface area contributed by atoms with Crippen LogP contribution in [0.25, 0.3) is 0 Å². The van der Waals surface area contributed by atoms with Gasteiger partial charge in [0, 0.05) is 37.9 Å². The molecule has 4 N–H and O–H groups in total. The Morgan fingerprint density at radius 1 is 1.30 bits per heavy atom. The smallest absolute Gasteiger partial charge is 0.222 e. The van der Waals surface area contributed by atoms with Crippen molar-refractivity contribution in [3.63, 3.8) is 0 Å². The SMILES string of the molecule is CCNC(=NCc1cccnc1N1CCCC(C(N)=O)C1)NCC(C)c1cccc(C)c1.I. The first-order valence-corrected chi connectivity index (χ1v) is 11.5. The molecule has 33 heavy (non-hydrogen) atoms. The second-order valence-corrected chi connectivity index (χ2v) is 8.56. The van der Waals surface area contributed by atoms with E-state index in [9.17, 15) is 4.79 Å². The number of guanidine groups is 1.